The van der Waals surface area contributed by atoms with Gasteiger partial charge in [-0.3, -0.25) is 0 Å². The number of fused-ring (bicyclic) bond motifs is 1. The molecule has 0 saturated carbocycles. The number of carbonyl (C=O) groups excluding carboxylic acids is 1. The van der Waals surface area contributed by atoms with Crippen molar-refractivity contribution in [3.63, 3.8) is 0 Å². The number of benzene rings is 1. The molecule has 2 atom stereocenters. The van der Waals surface area contributed by atoms with E-state index in [0.29, 0.717) is 5.92 Å². The largest absolute Gasteiger partial charge is 0.322 e. The zero-order chi connectivity index (χ0) is 19.0. The third-order valence-corrected chi connectivity index (χ3v) is 5.57. The maximum Gasteiger partial charge on any atom is 0.322 e. The Morgan fingerprint density at radius 2 is 2.15 bits per heavy atom. The highest BCUT2D eigenvalue weighted by atomic mass is 16.2. The lowest BCUT2D eigenvalue weighted by molar-refractivity contribution is 0.150. The van der Waals surface area contributed by atoms with E-state index in [-0.39, 0.29) is 13.5 Å². The van der Waals surface area contributed by atoms with Crippen LogP contribution in [0.5, 0.6) is 0 Å². The summed E-state index contributed by atoms with van der Waals surface area (Å²) in [5, 5.41) is 3.09. The molecule has 1 fully saturated rings. The third kappa shape index (κ3) is 3.54. The Bertz CT molecular complexity index is 984. The summed E-state index contributed by atoms with van der Waals surface area (Å²) in [5.74, 6) is 0.686. The van der Waals surface area contributed by atoms with Gasteiger partial charge in [-0.2, -0.15) is 0 Å². The topological polar surface area (TPSA) is 49.6 Å². The zero-order valence-corrected chi connectivity index (χ0v) is 16.1. The van der Waals surface area contributed by atoms with Crippen LogP contribution in [0, 0.1) is 12.8 Å². The molecule has 1 aliphatic heterocycles. The van der Waals surface area contributed by atoms with Crippen molar-refractivity contribution in [3.8, 4) is 11.1 Å². The SMILES string of the molecule is Cc1ccc(NC(=O)N2CCC(C)CC2C)cc1-c1cnc2cccn2c1.[HH]. The van der Waals surface area contributed by atoms with Gasteiger partial charge < -0.3 is 14.6 Å². The molecule has 0 radical (unpaired) electrons. The molecular weight excluding hydrogens is 336 g/mol. The summed E-state index contributed by atoms with van der Waals surface area (Å²) in [6.07, 6.45) is 8.09. The summed E-state index contributed by atoms with van der Waals surface area (Å²) in [6, 6.07) is 10.3. The van der Waals surface area contributed by atoms with Gasteiger partial charge in [-0.25, -0.2) is 9.78 Å². The average molecular weight is 364 g/mol. The van der Waals surface area contributed by atoms with Gasteiger partial charge in [0.1, 0.15) is 5.65 Å². The molecule has 4 rings (SSSR count). The van der Waals surface area contributed by atoms with E-state index in [4.69, 9.17) is 0 Å². The minimum absolute atomic E-state index is 0. The van der Waals surface area contributed by atoms with Gasteiger partial charge in [0.2, 0.25) is 0 Å². The molecule has 5 nitrogen and oxygen atoms in total. The molecule has 0 bridgehead atoms. The summed E-state index contributed by atoms with van der Waals surface area (Å²) < 4.78 is 2.01. The van der Waals surface area contributed by atoms with E-state index in [0.717, 1.165) is 47.4 Å². The number of nitrogens with one attached hydrogen (secondary N) is 1. The molecule has 1 saturated heterocycles. The second kappa shape index (κ2) is 7.06. The van der Waals surface area contributed by atoms with Crippen molar-refractivity contribution in [2.45, 2.75) is 39.7 Å². The van der Waals surface area contributed by atoms with Gasteiger partial charge in [0, 0.05) is 43.9 Å². The maximum absolute atomic E-state index is 12.8. The van der Waals surface area contributed by atoms with E-state index in [2.05, 4.69) is 37.3 Å². The second-order valence-corrected chi connectivity index (χ2v) is 7.75. The quantitative estimate of drug-likeness (QED) is 0.679. The number of aryl methyl sites for hydroxylation is 1. The van der Waals surface area contributed by atoms with E-state index < -0.39 is 0 Å². The van der Waals surface area contributed by atoms with Gasteiger partial charge in [-0.15, -0.1) is 0 Å². The van der Waals surface area contributed by atoms with Crippen molar-refractivity contribution in [2.24, 2.45) is 5.92 Å². The lowest BCUT2D eigenvalue weighted by atomic mass is 9.94. The number of rotatable bonds is 2. The van der Waals surface area contributed by atoms with Crippen molar-refractivity contribution < 1.29 is 6.22 Å². The number of piperidine rings is 1. The van der Waals surface area contributed by atoms with Crippen molar-refractivity contribution in [1.29, 1.82) is 0 Å². The predicted molar refractivity (Wildman–Crippen MR) is 111 cm³/mol. The first kappa shape index (κ1) is 17.6. The molecule has 2 unspecified atom stereocenters. The van der Waals surface area contributed by atoms with Crippen molar-refractivity contribution in [1.82, 2.24) is 14.3 Å². The number of carbonyl (C=O) groups is 1. The van der Waals surface area contributed by atoms with Crippen LogP contribution in [-0.2, 0) is 0 Å². The first-order valence-electron chi connectivity index (χ1n) is 9.62. The van der Waals surface area contributed by atoms with Gasteiger partial charge in [0.15, 0.2) is 0 Å². The molecule has 1 aromatic carbocycles. The smallest absolute Gasteiger partial charge is 0.322 e. The van der Waals surface area contributed by atoms with Crippen molar-refractivity contribution >= 4 is 17.4 Å². The van der Waals surface area contributed by atoms with E-state index >= 15 is 0 Å². The fraction of sp³-hybridized carbons (Fsp3) is 0.364. The third-order valence-electron chi connectivity index (χ3n) is 5.57. The summed E-state index contributed by atoms with van der Waals surface area (Å²) >= 11 is 0. The lowest BCUT2D eigenvalue weighted by Crippen LogP contribution is -2.46. The Morgan fingerprint density at radius 3 is 2.96 bits per heavy atom. The van der Waals surface area contributed by atoms with Gasteiger partial charge in [0.05, 0.1) is 0 Å². The fourth-order valence-electron chi connectivity index (χ4n) is 3.98. The normalized spacial score (nSPS) is 20.0. The lowest BCUT2D eigenvalue weighted by Gasteiger charge is -2.36. The summed E-state index contributed by atoms with van der Waals surface area (Å²) in [5.41, 5.74) is 5.01. The number of anilines is 1. The van der Waals surface area contributed by atoms with Crippen LogP contribution >= 0.6 is 0 Å². The van der Waals surface area contributed by atoms with Gasteiger partial charge >= 0.3 is 6.03 Å². The van der Waals surface area contributed by atoms with E-state index in [1.807, 2.05) is 52.0 Å². The summed E-state index contributed by atoms with van der Waals surface area (Å²) in [4.78, 5) is 19.2. The van der Waals surface area contributed by atoms with Gasteiger partial charge in [-0.05, 0) is 68.0 Å². The Kier molecular flexibility index (Phi) is 4.60. The number of hydrogen-bond donors (Lipinski definition) is 1. The molecule has 2 amide bonds. The highest BCUT2D eigenvalue weighted by Crippen LogP contribution is 2.28. The minimum atomic E-state index is -0.0109. The molecule has 3 heterocycles. The first-order valence-corrected chi connectivity index (χ1v) is 9.62. The van der Waals surface area contributed by atoms with Crippen LogP contribution in [0.15, 0.2) is 48.9 Å². The highest BCUT2D eigenvalue weighted by molar-refractivity contribution is 5.90. The minimum Gasteiger partial charge on any atom is -0.322 e. The van der Waals surface area contributed by atoms with Crippen LogP contribution in [0.1, 0.15) is 33.7 Å². The van der Waals surface area contributed by atoms with Crippen LogP contribution in [0.2, 0.25) is 0 Å². The van der Waals surface area contributed by atoms with E-state index in [9.17, 15) is 4.79 Å². The van der Waals surface area contributed by atoms with Crippen molar-refractivity contribution in [3.05, 3.63) is 54.5 Å². The summed E-state index contributed by atoms with van der Waals surface area (Å²) in [7, 11) is 0. The molecule has 5 heteroatoms. The molecule has 1 N–H and O–H groups in total. The molecular formula is C22H28N4O. The number of aromatic nitrogens is 2. The zero-order valence-electron chi connectivity index (χ0n) is 16.1. The molecule has 2 aromatic heterocycles. The number of hydrogen-bond acceptors (Lipinski definition) is 2. The number of nitrogens with zero attached hydrogens (tertiary/aromatic N) is 3. The predicted octanol–water partition coefficient (Wildman–Crippen LogP) is 5.21. The van der Waals surface area contributed by atoms with E-state index in [1.54, 1.807) is 0 Å². The first-order chi connectivity index (χ1) is 13.0. The van der Waals surface area contributed by atoms with Gasteiger partial charge in [0.25, 0.3) is 0 Å². The molecule has 27 heavy (non-hydrogen) atoms. The molecule has 1 aliphatic rings. The second-order valence-electron chi connectivity index (χ2n) is 7.75. The fourth-order valence-corrected chi connectivity index (χ4v) is 3.98. The Morgan fingerprint density at radius 1 is 1.30 bits per heavy atom. The van der Waals surface area contributed by atoms with Crippen LogP contribution < -0.4 is 5.32 Å². The standard InChI is InChI=1S/C22H26N4O.H2/c1-15-8-10-26(17(3)11-15)22(27)24-19-7-6-16(2)20(12-19)18-13-23-21-5-4-9-25(21)14-18;/h4-7,9,12-15,17H,8,10-11H2,1-3H3,(H,24,27);1H. The van der Waals surface area contributed by atoms with Crippen molar-refractivity contribution in [2.75, 3.05) is 11.9 Å². The van der Waals surface area contributed by atoms with Crippen LogP contribution in [0.3, 0.4) is 0 Å². The van der Waals surface area contributed by atoms with Gasteiger partial charge in [-0.1, -0.05) is 13.0 Å². The van der Waals surface area contributed by atoms with Crippen LogP contribution in [0.25, 0.3) is 16.8 Å². The van der Waals surface area contributed by atoms with Crippen LogP contribution in [-0.4, -0.2) is 32.9 Å². The average Bonchev–Trinajstić information content (AvgIpc) is 3.11. The molecule has 142 valence electrons. The Hall–Kier alpha value is -2.82. The molecule has 3 aromatic rings. The summed E-state index contributed by atoms with van der Waals surface area (Å²) in [6.45, 7) is 7.29. The van der Waals surface area contributed by atoms with E-state index in [1.165, 1.54) is 0 Å². The van der Waals surface area contributed by atoms with Crippen LogP contribution in [0.4, 0.5) is 10.5 Å². The number of likely N-dealkylation sites (tertiary alicyclic amines) is 1. The Balaban J connectivity index is 0.00000225. The molecule has 0 aliphatic carbocycles. The number of urea groups is 1. The number of amides is 2. The monoisotopic (exact) mass is 364 g/mol. The molecule has 0 spiro atoms. The highest BCUT2D eigenvalue weighted by Gasteiger charge is 2.26. The Labute approximate surface area is 161 Å². The maximum atomic E-state index is 12.8.